The first kappa shape index (κ1) is 22.0. The minimum Gasteiger partial charge on any atom is -0.346 e. The first-order valence-electron chi connectivity index (χ1n) is 12.4. The lowest BCUT2D eigenvalue weighted by molar-refractivity contribution is -0.118. The monoisotopic (exact) mass is 475 g/mol. The van der Waals surface area contributed by atoms with Gasteiger partial charge in [0.15, 0.2) is 5.65 Å². The van der Waals surface area contributed by atoms with E-state index < -0.39 is 0 Å². The van der Waals surface area contributed by atoms with Gasteiger partial charge in [-0.2, -0.15) is 5.10 Å². The maximum atomic E-state index is 11.7. The molecule has 0 aromatic carbocycles. The van der Waals surface area contributed by atoms with Gasteiger partial charge in [0.05, 0.1) is 12.2 Å². The van der Waals surface area contributed by atoms with E-state index in [0.717, 1.165) is 12.2 Å². The van der Waals surface area contributed by atoms with Crippen LogP contribution in [0.4, 0.5) is 0 Å². The Labute approximate surface area is 204 Å². The number of rotatable bonds is 5. The number of thiophene rings is 1. The van der Waals surface area contributed by atoms with E-state index in [0.29, 0.717) is 30.3 Å². The molecular formula is C27H33N5OS. The fourth-order valence-corrected chi connectivity index (χ4v) is 8.13. The second-order valence-electron chi connectivity index (χ2n) is 10.8. The SMILES string of the molecule is CC(=O)CN1C[C@@H]2C[C@H]1C[C@H]2c1sc2[nH]c(-c3cn4ncnc4c(C)c3C)c(C(C)C)c2c1C. The Morgan fingerprint density at radius 3 is 2.68 bits per heavy atom. The van der Waals surface area contributed by atoms with Gasteiger partial charge >= 0.3 is 0 Å². The predicted octanol–water partition coefficient (Wildman–Crippen LogP) is 5.75. The van der Waals surface area contributed by atoms with E-state index in [2.05, 4.69) is 60.8 Å². The number of H-pyrrole nitrogens is 1. The number of nitrogens with one attached hydrogen (secondary N) is 1. The Hall–Kier alpha value is -2.51. The minimum atomic E-state index is 0.286. The number of carbonyl (C=O) groups is 1. The van der Waals surface area contributed by atoms with Gasteiger partial charge in [0.25, 0.3) is 0 Å². The maximum absolute atomic E-state index is 11.7. The number of piperidine rings is 1. The van der Waals surface area contributed by atoms with Crippen molar-refractivity contribution in [1.29, 1.82) is 0 Å². The number of pyridine rings is 1. The van der Waals surface area contributed by atoms with Crippen molar-refractivity contribution in [2.24, 2.45) is 5.92 Å². The number of carbonyl (C=O) groups excluding carboxylic acids is 1. The number of ketones is 1. The van der Waals surface area contributed by atoms with Crippen LogP contribution in [0.5, 0.6) is 0 Å². The molecular weight excluding hydrogens is 442 g/mol. The van der Waals surface area contributed by atoms with Crippen molar-refractivity contribution in [1.82, 2.24) is 24.5 Å². The van der Waals surface area contributed by atoms with Gasteiger partial charge in [-0.05, 0) is 80.5 Å². The van der Waals surface area contributed by atoms with E-state index in [1.165, 1.54) is 56.6 Å². The molecule has 6 rings (SSSR count). The molecule has 3 atom stereocenters. The molecule has 2 fully saturated rings. The number of aromatic nitrogens is 4. The number of nitrogens with zero attached hydrogens (tertiary/aromatic N) is 4. The fourth-order valence-electron chi connectivity index (χ4n) is 6.69. The van der Waals surface area contributed by atoms with Crippen molar-refractivity contribution in [2.45, 2.75) is 72.3 Å². The van der Waals surface area contributed by atoms with Crippen molar-refractivity contribution in [3.05, 3.63) is 39.7 Å². The Morgan fingerprint density at radius 1 is 1.21 bits per heavy atom. The van der Waals surface area contributed by atoms with Crippen LogP contribution >= 0.6 is 11.3 Å². The van der Waals surface area contributed by atoms with E-state index in [9.17, 15) is 4.79 Å². The summed E-state index contributed by atoms with van der Waals surface area (Å²) in [6.07, 6.45) is 6.18. The van der Waals surface area contributed by atoms with Crippen LogP contribution in [-0.4, -0.2) is 49.4 Å². The largest absolute Gasteiger partial charge is 0.346 e. The quantitative estimate of drug-likeness (QED) is 0.399. The Balaban J connectivity index is 1.43. The number of hydrogen-bond acceptors (Lipinski definition) is 5. The minimum absolute atomic E-state index is 0.286. The number of aromatic amines is 1. The molecule has 2 aliphatic rings. The van der Waals surface area contributed by atoms with Crippen LogP contribution in [0.2, 0.25) is 0 Å². The normalized spacial score (nSPS) is 22.7. The molecule has 4 aromatic rings. The highest BCUT2D eigenvalue weighted by Gasteiger charge is 2.46. The first-order valence-corrected chi connectivity index (χ1v) is 13.2. The van der Waals surface area contributed by atoms with Crippen molar-refractivity contribution < 1.29 is 4.79 Å². The molecule has 0 unspecified atom stereocenters. The molecule has 7 heteroatoms. The number of hydrogen-bond donors (Lipinski definition) is 1. The number of likely N-dealkylation sites (tertiary alicyclic amines) is 1. The van der Waals surface area contributed by atoms with Crippen molar-refractivity contribution in [3.8, 4) is 11.3 Å². The topological polar surface area (TPSA) is 66.3 Å². The zero-order valence-corrected chi connectivity index (χ0v) is 21.7. The number of aryl methyl sites for hydroxylation is 2. The smallest absolute Gasteiger partial charge is 0.158 e. The van der Waals surface area contributed by atoms with Crippen LogP contribution in [0.15, 0.2) is 12.5 Å². The number of Topliss-reactive ketones (excluding diaryl/α,β-unsaturated/α-hetero) is 1. The van der Waals surface area contributed by atoms with Crippen LogP contribution in [-0.2, 0) is 4.79 Å². The van der Waals surface area contributed by atoms with Crippen LogP contribution in [0.3, 0.4) is 0 Å². The molecule has 0 spiro atoms. The lowest BCUT2D eigenvalue weighted by Gasteiger charge is -2.30. The molecule has 0 amide bonds. The predicted molar refractivity (Wildman–Crippen MR) is 138 cm³/mol. The summed E-state index contributed by atoms with van der Waals surface area (Å²) >= 11 is 1.96. The summed E-state index contributed by atoms with van der Waals surface area (Å²) < 4.78 is 1.90. The van der Waals surface area contributed by atoms with Crippen LogP contribution < -0.4 is 0 Å². The van der Waals surface area contributed by atoms with Gasteiger partial charge in [0.1, 0.15) is 16.9 Å². The highest BCUT2D eigenvalue weighted by atomic mass is 32.1. The van der Waals surface area contributed by atoms with Crippen molar-refractivity contribution in [2.75, 3.05) is 13.1 Å². The van der Waals surface area contributed by atoms with E-state index in [-0.39, 0.29) is 5.78 Å². The van der Waals surface area contributed by atoms with Gasteiger partial charge in [-0.15, -0.1) is 11.3 Å². The van der Waals surface area contributed by atoms with Crippen molar-refractivity contribution in [3.63, 3.8) is 0 Å². The standard InChI is InChI=1S/C27H33N5OS/c1-13(2)22-23-17(6)25(20-8-19-7-18(20)10-31(19)9-14(3)33)34-27(23)30-24(22)21-11-32-26(28-12-29-32)16(5)15(21)4/h11-13,18-20,30H,7-10H2,1-6H3/t18-,19-,20+/m0/s1. The van der Waals surface area contributed by atoms with E-state index in [1.807, 2.05) is 15.9 Å². The van der Waals surface area contributed by atoms with Crippen molar-refractivity contribution >= 4 is 33.0 Å². The molecule has 1 aliphatic heterocycles. The third-order valence-electron chi connectivity index (χ3n) is 8.35. The summed E-state index contributed by atoms with van der Waals surface area (Å²) in [4.78, 5) is 25.2. The van der Waals surface area contributed by atoms with E-state index >= 15 is 0 Å². The maximum Gasteiger partial charge on any atom is 0.158 e. The molecule has 4 aromatic heterocycles. The third-order valence-corrected chi connectivity index (χ3v) is 9.69. The van der Waals surface area contributed by atoms with E-state index in [1.54, 1.807) is 18.1 Å². The summed E-state index contributed by atoms with van der Waals surface area (Å²) in [7, 11) is 0. The Morgan fingerprint density at radius 2 is 2.00 bits per heavy atom. The molecule has 1 saturated heterocycles. The van der Waals surface area contributed by atoms with Gasteiger partial charge in [-0.3, -0.25) is 9.69 Å². The number of fused-ring (bicyclic) bond motifs is 4. The van der Waals surface area contributed by atoms with Crippen LogP contribution in [0.25, 0.3) is 27.1 Å². The lowest BCUT2D eigenvalue weighted by atomic mass is 9.88. The zero-order chi connectivity index (χ0) is 23.9. The average Bonchev–Trinajstić information content (AvgIpc) is 3.57. The van der Waals surface area contributed by atoms with Gasteiger partial charge in [-0.1, -0.05) is 13.8 Å². The summed E-state index contributed by atoms with van der Waals surface area (Å²) in [5, 5.41) is 5.84. The van der Waals surface area contributed by atoms with Gasteiger partial charge in [0, 0.05) is 34.6 Å². The molecule has 5 heterocycles. The van der Waals surface area contributed by atoms with Gasteiger partial charge < -0.3 is 4.98 Å². The second kappa shape index (κ2) is 7.75. The molecule has 1 N–H and O–H groups in total. The highest BCUT2D eigenvalue weighted by Crippen LogP contribution is 2.53. The Bertz CT molecular complexity index is 1440. The third kappa shape index (κ3) is 3.13. The highest BCUT2D eigenvalue weighted by molar-refractivity contribution is 7.19. The zero-order valence-electron chi connectivity index (χ0n) is 20.9. The molecule has 178 valence electrons. The molecule has 34 heavy (non-hydrogen) atoms. The molecule has 1 saturated carbocycles. The van der Waals surface area contributed by atoms with E-state index in [4.69, 9.17) is 0 Å². The Kier molecular flexibility index (Phi) is 5.01. The molecule has 6 nitrogen and oxygen atoms in total. The molecule has 0 radical (unpaired) electrons. The fraction of sp³-hybridized carbons (Fsp3) is 0.519. The molecule has 2 bridgehead atoms. The van der Waals surface area contributed by atoms with Gasteiger partial charge in [-0.25, -0.2) is 9.50 Å². The van der Waals surface area contributed by atoms with Gasteiger partial charge in [0.2, 0.25) is 0 Å². The van der Waals surface area contributed by atoms with Crippen LogP contribution in [0, 0.1) is 26.7 Å². The average molecular weight is 476 g/mol. The summed E-state index contributed by atoms with van der Waals surface area (Å²) in [6.45, 7) is 14.7. The first-order chi connectivity index (χ1) is 16.2. The summed E-state index contributed by atoms with van der Waals surface area (Å²) in [6, 6.07) is 0.568. The summed E-state index contributed by atoms with van der Waals surface area (Å²) in [5.41, 5.74) is 8.67. The second-order valence-corrected chi connectivity index (χ2v) is 11.9. The van der Waals surface area contributed by atoms with Crippen LogP contribution in [0.1, 0.15) is 72.6 Å². The summed E-state index contributed by atoms with van der Waals surface area (Å²) in [5.74, 6) is 1.99. The molecule has 1 aliphatic carbocycles. The lowest BCUT2D eigenvalue weighted by Crippen LogP contribution is -2.37.